The molecule has 1 unspecified atom stereocenters. The summed E-state index contributed by atoms with van der Waals surface area (Å²) >= 11 is 0. The van der Waals surface area contributed by atoms with Crippen LogP contribution in [0.2, 0.25) is 0 Å². The maximum Gasteiger partial charge on any atom is 0.258 e. The van der Waals surface area contributed by atoms with Gasteiger partial charge in [0.15, 0.2) is 0 Å². The number of primary sulfonamides is 1. The highest BCUT2D eigenvalue weighted by Crippen LogP contribution is 2.35. The third kappa shape index (κ3) is 3.91. The number of carbonyl (C=O) groups is 1. The Labute approximate surface area is 198 Å². The molecular weight excluding hydrogens is 448 g/mol. The predicted molar refractivity (Wildman–Crippen MR) is 133 cm³/mol. The first-order chi connectivity index (χ1) is 16.2. The van der Waals surface area contributed by atoms with E-state index in [0.29, 0.717) is 30.5 Å². The van der Waals surface area contributed by atoms with Crippen LogP contribution in [0.15, 0.2) is 71.6 Å². The molecule has 34 heavy (non-hydrogen) atoms. The van der Waals surface area contributed by atoms with Crippen LogP contribution in [-0.4, -0.2) is 26.7 Å². The Morgan fingerprint density at radius 3 is 2.59 bits per heavy atom. The van der Waals surface area contributed by atoms with Crippen molar-refractivity contribution >= 4 is 33.5 Å². The van der Waals surface area contributed by atoms with Crippen LogP contribution in [0.4, 0.5) is 5.69 Å². The first-order valence-electron chi connectivity index (χ1n) is 10.9. The molecule has 0 saturated heterocycles. The summed E-state index contributed by atoms with van der Waals surface area (Å²) in [6, 6.07) is 17.9. The molecule has 1 atom stereocenters. The second kappa shape index (κ2) is 8.23. The summed E-state index contributed by atoms with van der Waals surface area (Å²) in [5, 5.41) is 13.1. The summed E-state index contributed by atoms with van der Waals surface area (Å²) in [5.41, 5.74) is 11.4. The molecule has 0 spiro atoms. The SMILES string of the molecule is N=C(N)C1C=Cc2ccc(C(=O)N3CCc4cc(-c5ccccc5S(N)(=O)=O)ccc43)cc2C1. The van der Waals surface area contributed by atoms with Crippen LogP contribution in [0.25, 0.3) is 17.2 Å². The van der Waals surface area contributed by atoms with E-state index in [4.69, 9.17) is 16.3 Å². The number of hydrogen-bond acceptors (Lipinski definition) is 4. The van der Waals surface area contributed by atoms with Crippen molar-refractivity contribution in [2.75, 3.05) is 11.4 Å². The number of nitrogens with one attached hydrogen (secondary N) is 1. The molecule has 1 aliphatic carbocycles. The highest BCUT2D eigenvalue weighted by molar-refractivity contribution is 7.89. The van der Waals surface area contributed by atoms with E-state index in [0.717, 1.165) is 27.9 Å². The molecule has 3 aromatic carbocycles. The minimum atomic E-state index is -3.86. The quantitative estimate of drug-likeness (QED) is 0.397. The Morgan fingerprint density at radius 2 is 1.82 bits per heavy atom. The molecule has 0 radical (unpaired) electrons. The lowest BCUT2D eigenvalue weighted by Crippen LogP contribution is -2.29. The van der Waals surface area contributed by atoms with Crippen LogP contribution in [0, 0.1) is 11.3 Å². The second-order valence-electron chi connectivity index (χ2n) is 8.63. The van der Waals surface area contributed by atoms with Crippen molar-refractivity contribution in [1.82, 2.24) is 0 Å². The van der Waals surface area contributed by atoms with Crippen molar-refractivity contribution < 1.29 is 13.2 Å². The molecule has 7 nitrogen and oxygen atoms in total. The molecule has 1 heterocycles. The zero-order valence-electron chi connectivity index (χ0n) is 18.4. The summed E-state index contributed by atoms with van der Waals surface area (Å²) in [5.74, 6) is -0.121. The monoisotopic (exact) mass is 472 g/mol. The molecule has 5 rings (SSSR count). The van der Waals surface area contributed by atoms with Crippen LogP contribution < -0.4 is 15.8 Å². The average molecular weight is 473 g/mol. The van der Waals surface area contributed by atoms with Crippen LogP contribution in [0.3, 0.4) is 0 Å². The lowest BCUT2D eigenvalue weighted by Gasteiger charge is -2.21. The summed E-state index contributed by atoms with van der Waals surface area (Å²) in [6.07, 6.45) is 5.15. The van der Waals surface area contributed by atoms with Gasteiger partial charge in [0.2, 0.25) is 10.0 Å². The van der Waals surface area contributed by atoms with Gasteiger partial charge in [0, 0.05) is 29.3 Å². The molecule has 0 saturated carbocycles. The summed E-state index contributed by atoms with van der Waals surface area (Å²) in [6.45, 7) is 0.543. The number of carbonyl (C=O) groups excluding carboxylic acids is 1. The molecule has 3 aromatic rings. The van der Waals surface area contributed by atoms with E-state index >= 15 is 0 Å². The van der Waals surface area contributed by atoms with Gasteiger partial charge in [-0.3, -0.25) is 10.2 Å². The highest BCUT2D eigenvalue weighted by Gasteiger charge is 2.27. The Bertz CT molecular complexity index is 1480. The summed E-state index contributed by atoms with van der Waals surface area (Å²) in [4.78, 5) is 15.2. The topological polar surface area (TPSA) is 130 Å². The molecule has 5 N–H and O–H groups in total. The third-order valence-electron chi connectivity index (χ3n) is 6.46. The average Bonchev–Trinajstić information content (AvgIpc) is 3.25. The molecule has 2 aliphatic rings. The van der Waals surface area contributed by atoms with Gasteiger partial charge in [0.05, 0.1) is 10.7 Å². The number of nitrogens with two attached hydrogens (primary N) is 2. The predicted octanol–water partition coefficient (Wildman–Crippen LogP) is 3.33. The zero-order chi connectivity index (χ0) is 24.0. The fourth-order valence-corrected chi connectivity index (χ4v) is 5.47. The molecular formula is C26H24N4O3S. The summed E-state index contributed by atoms with van der Waals surface area (Å²) < 4.78 is 24.0. The first kappa shape index (κ1) is 22.1. The van der Waals surface area contributed by atoms with Crippen molar-refractivity contribution in [2.45, 2.75) is 17.7 Å². The fraction of sp³-hybridized carbons (Fsp3) is 0.154. The lowest BCUT2D eigenvalue weighted by atomic mass is 9.88. The number of hydrogen-bond donors (Lipinski definition) is 3. The number of anilines is 1. The standard InChI is InChI=1S/C26H24N4O3S/c27-25(28)19-7-5-16-6-8-20(15-21(16)14-19)26(31)30-12-11-18-13-17(9-10-23(18)30)22-3-1-2-4-24(22)34(29,32)33/h1-10,13,15,19H,11-12,14H2,(H3,27,28)(H2,29,32,33). The number of amides is 1. The van der Waals surface area contributed by atoms with Crippen molar-refractivity contribution in [3.05, 3.63) is 89.0 Å². The minimum Gasteiger partial charge on any atom is -0.387 e. The van der Waals surface area contributed by atoms with E-state index in [2.05, 4.69) is 0 Å². The van der Waals surface area contributed by atoms with Gasteiger partial charge in [-0.1, -0.05) is 42.5 Å². The van der Waals surface area contributed by atoms with Crippen molar-refractivity contribution in [3.63, 3.8) is 0 Å². The maximum absolute atomic E-state index is 13.4. The second-order valence-corrected chi connectivity index (χ2v) is 10.2. The van der Waals surface area contributed by atoms with Crippen LogP contribution in [-0.2, 0) is 22.9 Å². The normalized spacial score (nSPS) is 16.7. The number of fused-ring (bicyclic) bond motifs is 2. The lowest BCUT2D eigenvalue weighted by molar-refractivity contribution is 0.0989. The van der Waals surface area contributed by atoms with Gasteiger partial charge in [-0.2, -0.15) is 0 Å². The third-order valence-corrected chi connectivity index (χ3v) is 7.43. The van der Waals surface area contributed by atoms with E-state index in [1.807, 2.05) is 48.6 Å². The Hall–Kier alpha value is -3.75. The van der Waals surface area contributed by atoms with Gasteiger partial charge in [0.1, 0.15) is 0 Å². The number of benzene rings is 3. The molecule has 172 valence electrons. The molecule has 1 aliphatic heterocycles. The van der Waals surface area contributed by atoms with Crippen molar-refractivity contribution in [2.24, 2.45) is 16.8 Å². The van der Waals surface area contributed by atoms with E-state index in [-0.39, 0.29) is 22.6 Å². The molecule has 8 heteroatoms. The first-order valence-corrected chi connectivity index (χ1v) is 12.5. The van der Waals surface area contributed by atoms with Gasteiger partial charge < -0.3 is 10.6 Å². The Morgan fingerprint density at radius 1 is 1.03 bits per heavy atom. The molecule has 0 aromatic heterocycles. The van der Waals surface area contributed by atoms with Crippen LogP contribution in [0.1, 0.15) is 27.0 Å². The molecule has 1 amide bonds. The fourth-order valence-electron chi connectivity index (χ4n) is 4.71. The number of nitrogens with zero attached hydrogens (tertiary/aromatic N) is 1. The molecule has 0 bridgehead atoms. The summed E-state index contributed by atoms with van der Waals surface area (Å²) in [7, 11) is -3.86. The van der Waals surface area contributed by atoms with Gasteiger partial charge in [-0.15, -0.1) is 0 Å². The van der Waals surface area contributed by atoms with Gasteiger partial charge in [-0.25, -0.2) is 13.6 Å². The van der Waals surface area contributed by atoms with E-state index in [9.17, 15) is 13.2 Å². The van der Waals surface area contributed by atoms with Crippen LogP contribution in [0.5, 0.6) is 0 Å². The number of amidine groups is 1. The maximum atomic E-state index is 13.4. The largest absolute Gasteiger partial charge is 0.387 e. The van der Waals surface area contributed by atoms with E-state index < -0.39 is 10.0 Å². The zero-order valence-corrected chi connectivity index (χ0v) is 19.2. The highest BCUT2D eigenvalue weighted by atomic mass is 32.2. The van der Waals surface area contributed by atoms with Crippen molar-refractivity contribution in [3.8, 4) is 11.1 Å². The Kier molecular flexibility index (Phi) is 5.34. The smallest absolute Gasteiger partial charge is 0.258 e. The van der Waals surface area contributed by atoms with E-state index in [1.54, 1.807) is 23.1 Å². The van der Waals surface area contributed by atoms with Crippen molar-refractivity contribution in [1.29, 1.82) is 5.41 Å². The number of rotatable bonds is 4. The van der Waals surface area contributed by atoms with Crippen LogP contribution >= 0.6 is 0 Å². The Balaban J connectivity index is 1.45. The van der Waals surface area contributed by atoms with Gasteiger partial charge >= 0.3 is 0 Å². The number of sulfonamides is 1. The molecule has 0 fully saturated rings. The van der Waals surface area contributed by atoms with E-state index in [1.165, 1.54) is 6.07 Å². The minimum absolute atomic E-state index is 0.0767. The van der Waals surface area contributed by atoms with Gasteiger partial charge in [0.25, 0.3) is 5.91 Å². The van der Waals surface area contributed by atoms with Gasteiger partial charge in [-0.05, 0) is 65.4 Å².